The molecule has 3 heterocycles. The smallest absolute Gasteiger partial charge is 0.356 e. The predicted octanol–water partition coefficient (Wildman–Crippen LogP) is -0.193. The Morgan fingerprint density at radius 3 is 2.68 bits per heavy atom. The maximum absolute atomic E-state index is 12.7. The van der Waals surface area contributed by atoms with Crippen molar-refractivity contribution in [2.45, 2.75) is 23.6 Å². The van der Waals surface area contributed by atoms with E-state index in [1.807, 2.05) is 0 Å². The van der Waals surface area contributed by atoms with E-state index >= 15 is 0 Å². The molecule has 0 aromatic carbocycles. The van der Waals surface area contributed by atoms with E-state index in [4.69, 9.17) is 15.3 Å². The summed E-state index contributed by atoms with van der Waals surface area (Å²) >= 11 is 2.43. The van der Waals surface area contributed by atoms with Crippen molar-refractivity contribution >= 4 is 51.7 Å². The number of rotatable bonds is 6. The van der Waals surface area contributed by atoms with Crippen molar-refractivity contribution in [1.29, 1.82) is 0 Å². The Bertz CT molecular complexity index is 897. The lowest BCUT2D eigenvalue weighted by molar-refractivity contribution is -0.150. The molecule has 2 amide bonds. The largest absolute Gasteiger partial charge is 0.497 e. The van der Waals surface area contributed by atoms with E-state index in [-0.39, 0.29) is 33.2 Å². The fraction of sp³-hybridized carbons (Fsp3) is 0.400. The summed E-state index contributed by atoms with van der Waals surface area (Å²) in [5.41, 5.74) is 5.45. The number of methoxy groups -OCH3 is 1. The van der Waals surface area contributed by atoms with Crippen LogP contribution in [-0.2, 0) is 24.0 Å². The fourth-order valence-electron chi connectivity index (χ4n) is 2.93. The van der Waals surface area contributed by atoms with Gasteiger partial charge in [0.15, 0.2) is 16.5 Å². The average Bonchev–Trinajstić information content (AvgIpc) is 3.08. The van der Waals surface area contributed by atoms with E-state index in [9.17, 15) is 19.5 Å². The van der Waals surface area contributed by atoms with Crippen LogP contribution in [0.5, 0.6) is 0 Å². The van der Waals surface area contributed by atoms with Gasteiger partial charge in [0.05, 0.1) is 12.4 Å². The number of nitrogens with two attached hydrogens (primary N) is 1. The zero-order chi connectivity index (χ0) is 20.6. The van der Waals surface area contributed by atoms with Gasteiger partial charge in [-0.1, -0.05) is 5.16 Å². The minimum absolute atomic E-state index is 0.137. The number of aliphatic carboxylic acids is 1. The Labute approximate surface area is 167 Å². The number of fused-ring (bicyclic) bond motifs is 1. The molecule has 0 spiro atoms. The molecule has 2 aliphatic rings. The van der Waals surface area contributed by atoms with Gasteiger partial charge in [-0.05, 0) is 6.92 Å². The monoisotopic (exact) mass is 427 g/mol. The van der Waals surface area contributed by atoms with Crippen LogP contribution in [-0.4, -0.2) is 69.4 Å². The highest BCUT2D eigenvalue weighted by atomic mass is 32.2. The van der Waals surface area contributed by atoms with Gasteiger partial charge in [-0.15, -0.1) is 23.1 Å². The maximum atomic E-state index is 12.7. The van der Waals surface area contributed by atoms with Crippen LogP contribution >= 0.6 is 23.1 Å². The number of hydrogen-bond acceptors (Lipinski definition) is 10. The van der Waals surface area contributed by atoms with Crippen LogP contribution in [0.25, 0.3) is 0 Å². The molecule has 0 radical (unpaired) electrons. The third-order valence-corrected chi connectivity index (χ3v) is 6.16. The molecule has 2 aliphatic heterocycles. The predicted molar refractivity (Wildman–Crippen MR) is 101 cm³/mol. The first-order valence-electron chi connectivity index (χ1n) is 7.93. The maximum Gasteiger partial charge on any atom is 0.356 e. The first-order chi connectivity index (χ1) is 13.3. The lowest BCUT2D eigenvalue weighted by Gasteiger charge is -2.50. The second kappa shape index (κ2) is 7.67. The van der Waals surface area contributed by atoms with Crippen LogP contribution in [0.1, 0.15) is 12.6 Å². The Morgan fingerprint density at radius 1 is 1.43 bits per heavy atom. The quantitative estimate of drug-likeness (QED) is 0.318. The van der Waals surface area contributed by atoms with Crippen molar-refractivity contribution < 1.29 is 29.1 Å². The summed E-state index contributed by atoms with van der Waals surface area (Å²) in [5.74, 6) is -2.31. The highest BCUT2D eigenvalue weighted by Gasteiger charge is 2.56. The average molecular weight is 427 g/mol. The van der Waals surface area contributed by atoms with E-state index in [1.165, 1.54) is 31.4 Å². The van der Waals surface area contributed by atoms with Gasteiger partial charge in [-0.2, -0.15) is 0 Å². The number of nitrogens with zero attached hydrogens (tertiary/aromatic N) is 3. The first-order valence-corrected chi connectivity index (χ1v) is 9.75. The van der Waals surface area contributed by atoms with Gasteiger partial charge in [-0.3, -0.25) is 14.5 Å². The van der Waals surface area contributed by atoms with Crippen LogP contribution < -0.4 is 11.1 Å². The highest BCUT2D eigenvalue weighted by molar-refractivity contribution is 8.00. The number of hydrogen-bond donors (Lipinski definition) is 3. The Kier molecular flexibility index (Phi) is 5.47. The van der Waals surface area contributed by atoms with E-state index < -0.39 is 29.2 Å². The molecular formula is C15H17N5O6S2. The molecule has 3 rings (SSSR count). The Hall–Kier alpha value is -2.80. The fourth-order valence-corrected chi connectivity index (χ4v) is 4.90. The van der Waals surface area contributed by atoms with E-state index in [2.05, 4.69) is 15.5 Å². The summed E-state index contributed by atoms with van der Waals surface area (Å²) in [5, 5.41) is 16.6. The summed E-state index contributed by atoms with van der Waals surface area (Å²) in [6, 6.07) is -0.925. The molecule has 2 unspecified atom stereocenters. The Morgan fingerprint density at radius 2 is 2.14 bits per heavy atom. The molecule has 1 fully saturated rings. The first kappa shape index (κ1) is 19.9. The molecule has 4 N–H and O–H groups in total. The normalized spacial score (nSPS) is 24.4. The van der Waals surface area contributed by atoms with Gasteiger partial charge >= 0.3 is 5.97 Å². The number of nitrogen functional groups attached to an aromatic ring is 1. The number of oxime groups is 1. The van der Waals surface area contributed by atoms with Crippen LogP contribution in [0, 0.1) is 0 Å². The van der Waals surface area contributed by atoms with Crippen molar-refractivity contribution in [2.24, 2.45) is 5.16 Å². The summed E-state index contributed by atoms with van der Waals surface area (Å²) in [6.07, 6.45) is 0. The molecule has 0 bridgehead atoms. The number of carboxylic acids is 1. The number of amides is 2. The van der Waals surface area contributed by atoms with Gasteiger partial charge in [0.25, 0.3) is 11.8 Å². The number of carbonyl (C=O) groups excluding carboxylic acids is 2. The molecule has 28 heavy (non-hydrogen) atoms. The van der Waals surface area contributed by atoms with Gasteiger partial charge in [0.1, 0.15) is 30.0 Å². The number of carbonyl (C=O) groups is 3. The highest BCUT2D eigenvalue weighted by Crippen LogP contribution is 2.44. The standard InChI is InChI=1S/C15H17N5O6S2/c1-5-10(25-2)9(14(23)24)20-12(22)8(13(20)28-5)18-11(21)7(19-26-3)6-4-27-15(16)17-6/h4-5,8,13H,1-3H3,(H2,16,17)(H,18,21)(H,23,24)/b19-7-/t5?,8?,13-/m1/s1. The van der Waals surface area contributed by atoms with Crippen LogP contribution in [0.4, 0.5) is 5.13 Å². The molecule has 1 aromatic rings. The van der Waals surface area contributed by atoms with Gasteiger partial charge in [-0.25, -0.2) is 9.78 Å². The van der Waals surface area contributed by atoms with E-state index in [1.54, 1.807) is 6.92 Å². The number of aromatic nitrogens is 1. The molecule has 1 aromatic heterocycles. The SMILES string of the molecule is CO/N=C(\C(=O)NC1C(=O)N2C(C(=O)O)=C(OC)C(C)S[C@H]12)c1csc(N)n1. The van der Waals surface area contributed by atoms with Crippen molar-refractivity contribution in [1.82, 2.24) is 15.2 Å². The molecule has 11 nitrogen and oxygen atoms in total. The van der Waals surface area contributed by atoms with Crippen molar-refractivity contribution in [3.8, 4) is 0 Å². The minimum atomic E-state index is -1.27. The lowest BCUT2D eigenvalue weighted by Crippen LogP contribution is -2.71. The molecular weight excluding hydrogens is 410 g/mol. The van der Waals surface area contributed by atoms with Crippen molar-refractivity contribution in [3.05, 3.63) is 22.5 Å². The van der Waals surface area contributed by atoms with Gasteiger partial charge < -0.3 is 25.7 Å². The summed E-state index contributed by atoms with van der Waals surface area (Å²) in [4.78, 5) is 46.7. The summed E-state index contributed by atoms with van der Waals surface area (Å²) < 4.78 is 5.17. The van der Waals surface area contributed by atoms with Crippen LogP contribution in [0.3, 0.4) is 0 Å². The summed E-state index contributed by atoms with van der Waals surface area (Å²) in [7, 11) is 2.63. The lowest BCUT2D eigenvalue weighted by atomic mass is 10.0. The molecule has 1 saturated heterocycles. The Balaban J connectivity index is 1.83. The third-order valence-electron chi connectivity index (χ3n) is 4.10. The number of carboxylic acid groups (broad SMARTS) is 1. The number of thiazole rings is 1. The third kappa shape index (κ3) is 3.26. The summed E-state index contributed by atoms with van der Waals surface area (Å²) in [6.45, 7) is 1.77. The zero-order valence-electron chi connectivity index (χ0n) is 15.0. The molecule has 3 atom stereocenters. The minimum Gasteiger partial charge on any atom is -0.497 e. The second-order valence-corrected chi connectivity index (χ2v) is 8.10. The second-order valence-electron chi connectivity index (χ2n) is 5.74. The van der Waals surface area contributed by atoms with Gasteiger partial charge in [0, 0.05) is 5.38 Å². The number of thioether (sulfide) groups is 1. The van der Waals surface area contributed by atoms with E-state index in [0.29, 0.717) is 0 Å². The molecule has 13 heteroatoms. The number of β-lactam (4-membered cyclic amide) rings is 1. The van der Waals surface area contributed by atoms with Crippen LogP contribution in [0.2, 0.25) is 0 Å². The molecule has 0 saturated carbocycles. The topological polar surface area (TPSA) is 156 Å². The number of nitrogens with one attached hydrogen (secondary N) is 1. The van der Waals surface area contributed by atoms with E-state index in [0.717, 1.165) is 16.2 Å². The number of ether oxygens (including phenoxy) is 1. The molecule has 0 aliphatic carbocycles. The number of anilines is 1. The van der Waals surface area contributed by atoms with Crippen molar-refractivity contribution in [2.75, 3.05) is 20.0 Å². The zero-order valence-corrected chi connectivity index (χ0v) is 16.7. The van der Waals surface area contributed by atoms with Crippen LogP contribution in [0.15, 0.2) is 22.0 Å². The molecule has 150 valence electrons. The van der Waals surface area contributed by atoms with Crippen molar-refractivity contribution in [3.63, 3.8) is 0 Å². The van der Waals surface area contributed by atoms with Gasteiger partial charge in [0.2, 0.25) is 0 Å².